The number of amides is 1. The third-order valence-electron chi connectivity index (χ3n) is 4.50. The quantitative estimate of drug-likeness (QED) is 0.856. The van der Waals surface area contributed by atoms with Crippen LogP contribution in [0, 0.1) is 0 Å². The fourth-order valence-electron chi connectivity index (χ4n) is 3.04. The molecule has 0 radical (unpaired) electrons. The number of morpholine rings is 1. The fourth-order valence-corrected chi connectivity index (χ4v) is 3.67. The van der Waals surface area contributed by atoms with E-state index in [0.29, 0.717) is 12.1 Å². The van der Waals surface area contributed by atoms with Crippen molar-refractivity contribution in [2.45, 2.75) is 50.3 Å². The fraction of sp³-hybridized carbons (Fsp3) is 0.611. The highest BCUT2D eigenvalue weighted by molar-refractivity contribution is 7.90. The van der Waals surface area contributed by atoms with Gasteiger partial charge in [0.15, 0.2) is 9.84 Å². The summed E-state index contributed by atoms with van der Waals surface area (Å²) in [6, 6.07) is 6.00. The number of carbonyl (C=O) groups is 1. The summed E-state index contributed by atoms with van der Waals surface area (Å²) in [6.45, 7) is 10.5. The van der Waals surface area contributed by atoms with Crippen molar-refractivity contribution in [2.75, 3.05) is 25.9 Å². The van der Waals surface area contributed by atoms with E-state index in [1.807, 2.05) is 0 Å². The van der Waals surface area contributed by atoms with Crippen molar-refractivity contribution >= 4 is 15.7 Å². The molecule has 0 bridgehead atoms. The molecule has 0 unspecified atom stereocenters. The highest BCUT2D eigenvalue weighted by Gasteiger charge is 2.33. The van der Waals surface area contributed by atoms with Crippen LogP contribution < -0.4 is 5.32 Å². The van der Waals surface area contributed by atoms with E-state index >= 15 is 0 Å². The third-order valence-corrected chi connectivity index (χ3v) is 5.63. The number of ether oxygens (including phenoxy) is 1. The molecule has 140 valence electrons. The molecule has 0 spiro atoms. The minimum Gasteiger partial charge on any atom is -0.373 e. The lowest BCUT2D eigenvalue weighted by molar-refractivity contribution is -0.0948. The van der Waals surface area contributed by atoms with Crippen LogP contribution in [0.2, 0.25) is 0 Å². The van der Waals surface area contributed by atoms with Gasteiger partial charge in [0, 0.05) is 37.0 Å². The monoisotopic (exact) mass is 368 g/mol. The van der Waals surface area contributed by atoms with Crippen molar-refractivity contribution in [1.82, 2.24) is 10.2 Å². The normalized spacial score (nSPS) is 22.6. The molecule has 1 aromatic rings. The Bertz CT molecular complexity index is 703. The van der Waals surface area contributed by atoms with Crippen molar-refractivity contribution in [3.8, 4) is 0 Å². The molecule has 1 N–H and O–H groups in total. The van der Waals surface area contributed by atoms with Crippen LogP contribution in [0.15, 0.2) is 29.2 Å². The third kappa shape index (κ3) is 5.26. The summed E-state index contributed by atoms with van der Waals surface area (Å²) in [5, 5.41) is 2.95. The van der Waals surface area contributed by atoms with Gasteiger partial charge in [-0.3, -0.25) is 9.69 Å². The lowest BCUT2D eigenvalue weighted by Gasteiger charge is -2.45. The Balaban J connectivity index is 1.98. The summed E-state index contributed by atoms with van der Waals surface area (Å²) in [4.78, 5) is 14.9. The Hall–Kier alpha value is -1.44. The van der Waals surface area contributed by atoms with Crippen LogP contribution in [0.4, 0.5) is 0 Å². The molecule has 1 aliphatic rings. The molecular weight excluding hydrogens is 340 g/mol. The molecule has 7 heteroatoms. The van der Waals surface area contributed by atoms with Crippen LogP contribution >= 0.6 is 0 Å². The van der Waals surface area contributed by atoms with Crippen LogP contribution in [0.5, 0.6) is 0 Å². The predicted molar refractivity (Wildman–Crippen MR) is 97.5 cm³/mol. The largest absolute Gasteiger partial charge is 0.373 e. The zero-order chi connectivity index (χ0) is 18.8. The van der Waals surface area contributed by atoms with Gasteiger partial charge in [-0.2, -0.15) is 0 Å². The molecule has 1 aromatic carbocycles. The minimum absolute atomic E-state index is 0.169. The van der Waals surface area contributed by atoms with Gasteiger partial charge in [0.1, 0.15) is 0 Å². The SMILES string of the molecule is C[C@@H]1CN(C(C)(C)CNC(=O)c2ccc(S(C)(=O)=O)cc2)C[C@H](C)O1. The minimum atomic E-state index is -3.26. The first-order valence-corrected chi connectivity index (χ1v) is 10.4. The van der Waals surface area contributed by atoms with Crippen molar-refractivity contribution in [2.24, 2.45) is 0 Å². The molecule has 6 nitrogen and oxygen atoms in total. The number of carbonyl (C=O) groups excluding carboxylic acids is 1. The lowest BCUT2D eigenvalue weighted by Crippen LogP contribution is -2.58. The van der Waals surface area contributed by atoms with E-state index in [4.69, 9.17) is 4.74 Å². The summed E-state index contributed by atoms with van der Waals surface area (Å²) in [6.07, 6.45) is 1.49. The average Bonchev–Trinajstić information content (AvgIpc) is 2.51. The van der Waals surface area contributed by atoms with Crippen LogP contribution in [0.3, 0.4) is 0 Å². The van der Waals surface area contributed by atoms with Gasteiger partial charge >= 0.3 is 0 Å². The van der Waals surface area contributed by atoms with Gasteiger partial charge in [-0.15, -0.1) is 0 Å². The zero-order valence-electron chi connectivity index (χ0n) is 15.6. The first kappa shape index (κ1) is 19.9. The van der Waals surface area contributed by atoms with Crippen LogP contribution in [-0.2, 0) is 14.6 Å². The van der Waals surface area contributed by atoms with Gasteiger partial charge in [0.05, 0.1) is 17.1 Å². The molecule has 1 heterocycles. The second kappa shape index (κ2) is 7.43. The van der Waals surface area contributed by atoms with Crippen molar-refractivity contribution in [1.29, 1.82) is 0 Å². The Morgan fingerprint density at radius 3 is 2.20 bits per heavy atom. The molecule has 1 fully saturated rings. The maximum atomic E-state index is 12.4. The summed E-state index contributed by atoms with van der Waals surface area (Å²) in [5.41, 5.74) is 0.251. The summed E-state index contributed by atoms with van der Waals surface area (Å²) >= 11 is 0. The highest BCUT2D eigenvalue weighted by atomic mass is 32.2. The summed E-state index contributed by atoms with van der Waals surface area (Å²) < 4.78 is 28.7. The van der Waals surface area contributed by atoms with E-state index in [0.717, 1.165) is 19.3 Å². The zero-order valence-corrected chi connectivity index (χ0v) is 16.4. The number of nitrogens with zero attached hydrogens (tertiary/aromatic N) is 1. The second-order valence-electron chi connectivity index (χ2n) is 7.45. The number of hydrogen-bond acceptors (Lipinski definition) is 5. The van der Waals surface area contributed by atoms with Crippen LogP contribution in [-0.4, -0.2) is 62.9 Å². The van der Waals surface area contributed by atoms with Gasteiger partial charge in [0.2, 0.25) is 0 Å². The number of nitrogens with one attached hydrogen (secondary N) is 1. The summed E-state index contributed by atoms with van der Waals surface area (Å²) in [7, 11) is -3.26. The smallest absolute Gasteiger partial charge is 0.251 e. The van der Waals surface area contributed by atoms with Gasteiger partial charge in [-0.25, -0.2) is 8.42 Å². The van der Waals surface area contributed by atoms with E-state index in [2.05, 4.69) is 37.9 Å². The highest BCUT2D eigenvalue weighted by Crippen LogP contribution is 2.21. The first-order valence-electron chi connectivity index (χ1n) is 8.48. The molecule has 0 saturated carbocycles. The lowest BCUT2D eigenvalue weighted by atomic mass is 10.00. The van der Waals surface area contributed by atoms with E-state index in [1.54, 1.807) is 0 Å². The van der Waals surface area contributed by atoms with Gasteiger partial charge in [-0.1, -0.05) is 0 Å². The van der Waals surface area contributed by atoms with Gasteiger partial charge in [0.25, 0.3) is 5.91 Å². The molecule has 0 aliphatic carbocycles. The molecule has 1 amide bonds. The number of benzene rings is 1. The molecule has 1 aliphatic heterocycles. The van der Waals surface area contributed by atoms with Gasteiger partial charge in [-0.05, 0) is 52.0 Å². The Morgan fingerprint density at radius 1 is 1.20 bits per heavy atom. The van der Waals surface area contributed by atoms with Crippen LogP contribution in [0.1, 0.15) is 38.1 Å². The molecule has 1 saturated heterocycles. The average molecular weight is 368 g/mol. The number of rotatable bonds is 5. The molecule has 2 rings (SSSR count). The maximum absolute atomic E-state index is 12.4. The second-order valence-corrected chi connectivity index (χ2v) is 9.47. The molecule has 2 atom stereocenters. The van der Waals surface area contributed by atoms with Crippen LogP contribution in [0.25, 0.3) is 0 Å². The topological polar surface area (TPSA) is 75.7 Å². The van der Waals surface area contributed by atoms with Crippen molar-refractivity contribution in [3.05, 3.63) is 29.8 Å². The van der Waals surface area contributed by atoms with Crippen molar-refractivity contribution < 1.29 is 17.9 Å². The molecule has 0 aromatic heterocycles. The molecular formula is C18H28N2O4S. The van der Waals surface area contributed by atoms with Crippen molar-refractivity contribution in [3.63, 3.8) is 0 Å². The maximum Gasteiger partial charge on any atom is 0.251 e. The first-order chi connectivity index (χ1) is 11.5. The van der Waals surface area contributed by atoms with E-state index in [-0.39, 0.29) is 28.5 Å². The Morgan fingerprint density at radius 2 is 1.72 bits per heavy atom. The van der Waals surface area contributed by atoms with Gasteiger partial charge < -0.3 is 10.1 Å². The predicted octanol–water partition coefficient (Wildman–Crippen LogP) is 1.71. The Labute approximate surface area is 150 Å². The standard InChI is InChI=1S/C18H28N2O4S/c1-13-10-20(11-14(2)24-13)18(3,4)12-19-17(21)15-6-8-16(9-7-15)25(5,22)23/h6-9,13-14H,10-12H2,1-5H3,(H,19,21)/t13-,14+. The molecule has 25 heavy (non-hydrogen) atoms. The Kier molecular flexibility index (Phi) is 5.91. The number of sulfone groups is 1. The van der Waals surface area contributed by atoms with E-state index < -0.39 is 9.84 Å². The van der Waals surface area contributed by atoms with E-state index in [1.165, 1.54) is 24.3 Å². The number of hydrogen-bond donors (Lipinski definition) is 1. The summed E-state index contributed by atoms with van der Waals surface area (Å²) in [5.74, 6) is -0.206. The van der Waals surface area contributed by atoms with E-state index in [9.17, 15) is 13.2 Å².